The van der Waals surface area contributed by atoms with Crippen LogP contribution in [0, 0.1) is 0 Å². The molecule has 0 aliphatic carbocycles. The molecule has 2 rings (SSSR count). The summed E-state index contributed by atoms with van der Waals surface area (Å²) in [5, 5.41) is 3.44. The molecule has 2 nitrogen and oxygen atoms in total. The molecular weight excluding hydrogens is 198 g/mol. The van der Waals surface area contributed by atoms with Crippen LogP contribution in [-0.2, 0) is 6.42 Å². The van der Waals surface area contributed by atoms with Crippen molar-refractivity contribution in [3.8, 4) is 0 Å². The van der Waals surface area contributed by atoms with Gasteiger partial charge in [-0.2, -0.15) is 0 Å². The van der Waals surface area contributed by atoms with Gasteiger partial charge in [0, 0.05) is 0 Å². The summed E-state index contributed by atoms with van der Waals surface area (Å²) in [6.45, 7) is 3.08. The Morgan fingerprint density at radius 2 is 1.94 bits per heavy atom. The monoisotopic (exact) mass is 215 g/mol. The third kappa shape index (κ3) is 2.97. The molecule has 0 amide bonds. The maximum atomic E-state index is 5.34. The molecular formula is C14H17NO. The van der Waals surface area contributed by atoms with E-state index in [9.17, 15) is 0 Å². The van der Waals surface area contributed by atoms with Gasteiger partial charge in [0.2, 0.25) is 0 Å². The molecule has 2 aromatic rings. The van der Waals surface area contributed by atoms with Crippen molar-refractivity contribution >= 4 is 0 Å². The Labute approximate surface area is 96.3 Å². The zero-order valence-corrected chi connectivity index (χ0v) is 9.52. The topological polar surface area (TPSA) is 25.2 Å². The predicted octanol–water partition coefficient (Wildman–Crippen LogP) is 3.17. The van der Waals surface area contributed by atoms with Crippen LogP contribution in [-0.4, -0.2) is 6.54 Å². The standard InChI is InChI=1S/C14H17NO/c1-12(14-8-5-11-16-14)15-10-9-13-6-3-2-4-7-13/h2-8,11-12,15H,9-10H2,1H3/t12-/m0/s1. The number of hydrogen-bond donors (Lipinski definition) is 1. The fraction of sp³-hybridized carbons (Fsp3) is 0.286. The second-order valence-electron chi connectivity index (χ2n) is 3.93. The van der Waals surface area contributed by atoms with Crippen molar-refractivity contribution in [1.82, 2.24) is 5.32 Å². The number of hydrogen-bond acceptors (Lipinski definition) is 2. The molecule has 84 valence electrons. The molecule has 0 bridgehead atoms. The summed E-state index contributed by atoms with van der Waals surface area (Å²) in [6, 6.07) is 14.7. The number of furan rings is 1. The van der Waals surface area contributed by atoms with Gasteiger partial charge in [0.05, 0.1) is 12.3 Å². The lowest BCUT2D eigenvalue weighted by molar-refractivity contribution is 0.432. The molecule has 0 aliphatic heterocycles. The van der Waals surface area contributed by atoms with Crippen molar-refractivity contribution in [3.05, 3.63) is 60.1 Å². The second kappa shape index (κ2) is 5.52. The van der Waals surface area contributed by atoms with E-state index >= 15 is 0 Å². The van der Waals surface area contributed by atoms with E-state index in [4.69, 9.17) is 4.42 Å². The molecule has 0 saturated carbocycles. The summed E-state index contributed by atoms with van der Waals surface area (Å²) < 4.78 is 5.34. The number of nitrogens with one attached hydrogen (secondary N) is 1. The Bertz CT molecular complexity index is 394. The largest absolute Gasteiger partial charge is 0.468 e. The molecule has 0 spiro atoms. The fourth-order valence-electron chi connectivity index (χ4n) is 1.72. The van der Waals surface area contributed by atoms with Crippen LogP contribution in [0.5, 0.6) is 0 Å². The lowest BCUT2D eigenvalue weighted by Gasteiger charge is -2.10. The van der Waals surface area contributed by atoms with Gasteiger partial charge in [-0.3, -0.25) is 0 Å². The van der Waals surface area contributed by atoms with E-state index in [-0.39, 0.29) is 6.04 Å². The van der Waals surface area contributed by atoms with Crippen molar-refractivity contribution in [2.75, 3.05) is 6.54 Å². The van der Waals surface area contributed by atoms with Gasteiger partial charge in [-0.25, -0.2) is 0 Å². The quantitative estimate of drug-likeness (QED) is 0.828. The molecule has 0 saturated heterocycles. The summed E-state index contributed by atoms with van der Waals surface area (Å²) in [5.41, 5.74) is 1.36. The van der Waals surface area contributed by atoms with Crippen LogP contribution in [0.1, 0.15) is 24.3 Å². The first-order chi connectivity index (χ1) is 7.86. The molecule has 16 heavy (non-hydrogen) atoms. The first-order valence-electron chi connectivity index (χ1n) is 5.67. The van der Waals surface area contributed by atoms with E-state index in [0.717, 1.165) is 18.7 Å². The minimum absolute atomic E-state index is 0.277. The van der Waals surface area contributed by atoms with E-state index in [0.29, 0.717) is 0 Å². The van der Waals surface area contributed by atoms with Crippen LogP contribution in [0.3, 0.4) is 0 Å². The SMILES string of the molecule is C[C@H](NCCc1ccccc1)c1ccco1. The Kier molecular flexibility index (Phi) is 3.78. The lowest BCUT2D eigenvalue weighted by atomic mass is 10.1. The molecule has 1 atom stereocenters. The second-order valence-corrected chi connectivity index (χ2v) is 3.93. The van der Waals surface area contributed by atoms with Crippen molar-refractivity contribution in [3.63, 3.8) is 0 Å². The van der Waals surface area contributed by atoms with Gasteiger partial charge in [-0.15, -0.1) is 0 Å². The van der Waals surface area contributed by atoms with Gasteiger partial charge in [-0.05, 0) is 37.6 Å². The Morgan fingerprint density at radius 3 is 2.62 bits per heavy atom. The van der Waals surface area contributed by atoms with Crippen LogP contribution in [0.25, 0.3) is 0 Å². The van der Waals surface area contributed by atoms with Crippen LogP contribution < -0.4 is 5.32 Å². The van der Waals surface area contributed by atoms with Crippen LogP contribution in [0.15, 0.2) is 53.1 Å². The summed E-state index contributed by atoms with van der Waals surface area (Å²) in [5.74, 6) is 0.994. The first-order valence-corrected chi connectivity index (χ1v) is 5.67. The van der Waals surface area contributed by atoms with Gasteiger partial charge >= 0.3 is 0 Å². The Morgan fingerprint density at radius 1 is 1.12 bits per heavy atom. The van der Waals surface area contributed by atoms with E-state index in [1.54, 1.807) is 6.26 Å². The minimum Gasteiger partial charge on any atom is -0.468 e. The molecule has 0 unspecified atom stereocenters. The van der Waals surface area contributed by atoms with Crippen molar-refractivity contribution in [1.29, 1.82) is 0 Å². The predicted molar refractivity (Wildman–Crippen MR) is 65.3 cm³/mol. The van der Waals surface area contributed by atoms with Gasteiger partial charge in [-0.1, -0.05) is 30.3 Å². The molecule has 0 fully saturated rings. The number of benzene rings is 1. The maximum Gasteiger partial charge on any atom is 0.120 e. The van der Waals surface area contributed by atoms with Crippen molar-refractivity contribution < 1.29 is 4.42 Å². The normalized spacial score (nSPS) is 12.6. The molecule has 0 aliphatic rings. The maximum absolute atomic E-state index is 5.34. The van der Waals surface area contributed by atoms with Crippen molar-refractivity contribution in [2.24, 2.45) is 0 Å². The van der Waals surface area contributed by atoms with Crippen LogP contribution in [0.2, 0.25) is 0 Å². The summed E-state index contributed by atoms with van der Waals surface area (Å²) in [7, 11) is 0. The van der Waals surface area contributed by atoms with E-state index in [1.165, 1.54) is 5.56 Å². The summed E-state index contributed by atoms with van der Waals surface area (Å²) in [4.78, 5) is 0. The summed E-state index contributed by atoms with van der Waals surface area (Å²) >= 11 is 0. The lowest BCUT2D eigenvalue weighted by Crippen LogP contribution is -2.20. The molecule has 1 aromatic carbocycles. The van der Waals surface area contributed by atoms with Crippen LogP contribution in [0.4, 0.5) is 0 Å². The zero-order valence-electron chi connectivity index (χ0n) is 9.52. The molecule has 1 aromatic heterocycles. The molecule has 2 heteroatoms. The van der Waals surface area contributed by atoms with E-state index in [2.05, 4.69) is 36.5 Å². The Hall–Kier alpha value is -1.54. The van der Waals surface area contributed by atoms with E-state index < -0.39 is 0 Å². The third-order valence-corrected chi connectivity index (χ3v) is 2.68. The highest BCUT2D eigenvalue weighted by Crippen LogP contribution is 2.11. The van der Waals surface area contributed by atoms with Gasteiger partial charge < -0.3 is 9.73 Å². The van der Waals surface area contributed by atoms with Gasteiger partial charge in [0.1, 0.15) is 5.76 Å². The zero-order chi connectivity index (χ0) is 11.2. The summed E-state index contributed by atoms with van der Waals surface area (Å²) in [6.07, 6.45) is 2.76. The van der Waals surface area contributed by atoms with Gasteiger partial charge in [0.25, 0.3) is 0 Å². The minimum atomic E-state index is 0.277. The van der Waals surface area contributed by atoms with E-state index in [1.807, 2.05) is 18.2 Å². The highest BCUT2D eigenvalue weighted by Gasteiger charge is 2.06. The Balaban J connectivity index is 1.76. The molecule has 0 radical (unpaired) electrons. The average molecular weight is 215 g/mol. The van der Waals surface area contributed by atoms with Gasteiger partial charge in [0.15, 0.2) is 0 Å². The molecule has 1 N–H and O–H groups in total. The molecule has 1 heterocycles. The fourth-order valence-corrected chi connectivity index (χ4v) is 1.72. The highest BCUT2D eigenvalue weighted by atomic mass is 16.3. The average Bonchev–Trinajstić information content (AvgIpc) is 2.84. The smallest absolute Gasteiger partial charge is 0.120 e. The third-order valence-electron chi connectivity index (χ3n) is 2.68. The van der Waals surface area contributed by atoms with Crippen molar-refractivity contribution in [2.45, 2.75) is 19.4 Å². The van der Waals surface area contributed by atoms with Crippen LogP contribution >= 0.6 is 0 Å². The number of rotatable bonds is 5. The highest BCUT2D eigenvalue weighted by molar-refractivity contribution is 5.15. The first kappa shape index (κ1) is 11.0.